The van der Waals surface area contributed by atoms with E-state index in [4.69, 9.17) is 5.11 Å². The van der Waals surface area contributed by atoms with Crippen molar-refractivity contribution in [3.63, 3.8) is 0 Å². The molecular formula is C9H18O4. The van der Waals surface area contributed by atoms with E-state index < -0.39 is 18.2 Å². The molecule has 4 heteroatoms. The number of carboxylic acid groups (broad SMARTS) is 1. The number of carboxylic acids is 1. The number of aliphatic carboxylic acids is 1. The molecule has 0 aromatic heterocycles. The van der Waals surface area contributed by atoms with Crippen LogP contribution in [0.25, 0.3) is 0 Å². The average Bonchev–Trinajstić information content (AvgIpc) is 1.82. The number of hydrogen-bond acceptors (Lipinski definition) is 3. The van der Waals surface area contributed by atoms with Crippen LogP contribution in [0, 0.1) is 5.41 Å². The van der Waals surface area contributed by atoms with Gasteiger partial charge >= 0.3 is 5.97 Å². The Morgan fingerprint density at radius 1 is 1.31 bits per heavy atom. The predicted molar refractivity (Wildman–Crippen MR) is 48.3 cm³/mol. The Hall–Kier alpha value is -0.610. The van der Waals surface area contributed by atoms with Crippen molar-refractivity contribution >= 4 is 5.97 Å². The minimum absolute atomic E-state index is 0.107. The highest BCUT2D eigenvalue weighted by atomic mass is 16.4. The maximum absolute atomic E-state index is 10.2. The summed E-state index contributed by atoms with van der Waals surface area (Å²) in [5.41, 5.74) is -0.320. The SMILES string of the molecule is CC(C)(C)[C@@H](O)C[C@@H](O)CC(=O)O. The average molecular weight is 190 g/mol. The fourth-order valence-corrected chi connectivity index (χ4v) is 0.896. The zero-order valence-corrected chi connectivity index (χ0v) is 8.32. The molecule has 0 heterocycles. The molecule has 0 saturated carbocycles. The lowest BCUT2D eigenvalue weighted by Crippen LogP contribution is -2.31. The molecule has 4 nitrogen and oxygen atoms in total. The van der Waals surface area contributed by atoms with Crippen LogP contribution in [-0.4, -0.2) is 33.5 Å². The second-order valence-corrected chi connectivity index (χ2v) is 4.37. The summed E-state index contributed by atoms with van der Waals surface area (Å²) in [7, 11) is 0. The standard InChI is InChI=1S/C9H18O4/c1-9(2,3)7(11)4-6(10)5-8(12)13/h6-7,10-11H,4-5H2,1-3H3,(H,12,13)/t6-,7+/m1/s1. The quantitative estimate of drug-likeness (QED) is 0.607. The van der Waals surface area contributed by atoms with Crippen molar-refractivity contribution in [1.29, 1.82) is 0 Å². The predicted octanol–water partition coefficient (Wildman–Crippen LogP) is 0.619. The highest BCUT2D eigenvalue weighted by molar-refractivity contribution is 5.67. The van der Waals surface area contributed by atoms with Crippen LogP contribution in [0.15, 0.2) is 0 Å². The summed E-state index contributed by atoms with van der Waals surface area (Å²) in [4.78, 5) is 10.2. The van der Waals surface area contributed by atoms with Gasteiger partial charge in [-0.3, -0.25) is 4.79 Å². The molecule has 13 heavy (non-hydrogen) atoms. The third-order valence-electron chi connectivity index (χ3n) is 1.91. The monoisotopic (exact) mass is 190 g/mol. The lowest BCUT2D eigenvalue weighted by molar-refractivity contribution is -0.139. The van der Waals surface area contributed by atoms with Crippen LogP contribution < -0.4 is 0 Å². The number of carbonyl (C=O) groups is 1. The minimum Gasteiger partial charge on any atom is -0.481 e. The van der Waals surface area contributed by atoms with Crippen LogP contribution >= 0.6 is 0 Å². The largest absolute Gasteiger partial charge is 0.481 e. The first-order valence-corrected chi connectivity index (χ1v) is 4.31. The van der Waals surface area contributed by atoms with Gasteiger partial charge < -0.3 is 15.3 Å². The lowest BCUT2D eigenvalue weighted by Gasteiger charge is -2.27. The highest BCUT2D eigenvalue weighted by Gasteiger charge is 2.25. The van der Waals surface area contributed by atoms with Crippen molar-refractivity contribution < 1.29 is 20.1 Å². The van der Waals surface area contributed by atoms with Crippen molar-refractivity contribution in [3.8, 4) is 0 Å². The van der Waals surface area contributed by atoms with E-state index in [0.717, 1.165) is 0 Å². The Kier molecular flexibility index (Phi) is 4.36. The minimum atomic E-state index is -1.05. The van der Waals surface area contributed by atoms with Crippen LogP contribution in [0.1, 0.15) is 33.6 Å². The van der Waals surface area contributed by atoms with Crippen molar-refractivity contribution in [1.82, 2.24) is 0 Å². The van der Waals surface area contributed by atoms with E-state index in [2.05, 4.69) is 0 Å². The van der Waals surface area contributed by atoms with Gasteiger partial charge in [-0.1, -0.05) is 20.8 Å². The molecule has 0 aromatic carbocycles. The maximum Gasteiger partial charge on any atom is 0.305 e. The van der Waals surface area contributed by atoms with Crippen LogP contribution in [0.3, 0.4) is 0 Å². The molecule has 3 N–H and O–H groups in total. The third-order valence-corrected chi connectivity index (χ3v) is 1.91. The molecule has 0 amide bonds. The van der Waals surface area contributed by atoms with Crippen LogP contribution in [0.4, 0.5) is 0 Å². The Morgan fingerprint density at radius 3 is 2.08 bits per heavy atom. The zero-order chi connectivity index (χ0) is 10.6. The van der Waals surface area contributed by atoms with E-state index in [1.54, 1.807) is 0 Å². The summed E-state index contributed by atoms with van der Waals surface area (Å²) in [6, 6.07) is 0. The Bertz CT molecular complexity index is 171. The summed E-state index contributed by atoms with van der Waals surface area (Å²) in [5.74, 6) is -1.05. The van der Waals surface area contributed by atoms with Crippen molar-refractivity contribution in [2.75, 3.05) is 0 Å². The van der Waals surface area contributed by atoms with Crippen LogP contribution in [-0.2, 0) is 4.79 Å². The first-order chi connectivity index (χ1) is 5.73. The summed E-state index contributed by atoms with van der Waals surface area (Å²) >= 11 is 0. The zero-order valence-electron chi connectivity index (χ0n) is 8.32. The lowest BCUT2D eigenvalue weighted by atomic mass is 9.85. The van der Waals surface area contributed by atoms with Crippen LogP contribution in [0.2, 0.25) is 0 Å². The molecule has 0 spiro atoms. The van der Waals surface area contributed by atoms with Gasteiger partial charge in [-0.25, -0.2) is 0 Å². The Balaban J connectivity index is 3.92. The van der Waals surface area contributed by atoms with Gasteiger partial charge in [-0.15, -0.1) is 0 Å². The van der Waals surface area contributed by atoms with Gasteiger partial charge in [-0.2, -0.15) is 0 Å². The smallest absolute Gasteiger partial charge is 0.305 e. The second kappa shape index (κ2) is 4.58. The van der Waals surface area contributed by atoms with Crippen molar-refractivity contribution in [2.45, 2.75) is 45.8 Å². The number of aliphatic hydroxyl groups is 2. The van der Waals surface area contributed by atoms with Gasteiger partial charge in [0.15, 0.2) is 0 Å². The molecule has 0 aliphatic rings. The third kappa shape index (κ3) is 5.60. The van der Waals surface area contributed by atoms with Gasteiger partial charge in [0.25, 0.3) is 0 Å². The molecule has 0 aliphatic heterocycles. The Labute approximate surface area is 78.2 Å². The molecule has 0 saturated heterocycles. The second-order valence-electron chi connectivity index (χ2n) is 4.37. The molecule has 0 rings (SSSR count). The molecule has 0 bridgehead atoms. The van der Waals surface area contributed by atoms with E-state index in [-0.39, 0.29) is 18.3 Å². The van der Waals surface area contributed by atoms with Crippen molar-refractivity contribution in [3.05, 3.63) is 0 Å². The van der Waals surface area contributed by atoms with Gasteiger partial charge in [0.1, 0.15) is 0 Å². The van der Waals surface area contributed by atoms with E-state index in [0.29, 0.717) is 0 Å². The van der Waals surface area contributed by atoms with E-state index >= 15 is 0 Å². The molecule has 2 atom stereocenters. The van der Waals surface area contributed by atoms with Gasteiger partial charge in [-0.05, 0) is 5.41 Å². The molecule has 0 radical (unpaired) electrons. The summed E-state index contributed by atoms with van der Waals surface area (Å²) in [6.07, 6.45) is -1.85. The van der Waals surface area contributed by atoms with Crippen LogP contribution in [0.5, 0.6) is 0 Å². The summed E-state index contributed by atoms with van der Waals surface area (Å²) in [6.45, 7) is 5.52. The Morgan fingerprint density at radius 2 is 1.77 bits per heavy atom. The van der Waals surface area contributed by atoms with E-state index in [1.807, 2.05) is 20.8 Å². The molecular weight excluding hydrogens is 172 g/mol. The number of aliphatic hydroxyl groups excluding tert-OH is 2. The topological polar surface area (TPSA) is 77.8 Å². The first-order valence-electron chi connectivity index (χ1n) is 4.31. The summed E-state index contributed by atoms with van der Waals surface area (Å²) in [5, 5.41) is 27.1. The number of rotatable bonds is 4. The number of hydrogen-bond donors (Lipinski definition) is 3. The van der Waals surface area contributed by atoms with Gasteiger partial charge in [0.05, 0.1) is 18.6 Å². The van der Waals surface area contributed by atoms with Gasteiger partial charge in [0.2, 0.25) is 0 Å². The fourth-order valence-electron chi connectivity index (χ4n) is 0.896. The van der Waals surface area contributed by atoms with E-state index in [1.165, 1.54) is 0 Å². The van der Waals surface area contributed by atoms with Crippen molar-refractivity contribution in [2.24, 2.45) is 5.41 Å². The molecule has 0 aliphatic carbocycles. The molecule has 0 fully saturated rings. The molecule has 0 aromatic rings. The first kappa shape index (κ1) is 12.4. The molecule has 78 valence electrons. The summed E-state index contributed by atoms with van der Waals surface area (Å²) < 4.78 is 0. The highest BCUT2D eigenvalue weighted by Crippen LogP contribution is 2.23. The molecule has 0 unspecified atom stereocenters. The fraction of sp³-hybridized carbons (Fsp3) is 0.889. The van der Waals surface area contributed by atoms with Gasteiger partial charge in [0, 0.05) is 6.42 Å². The normalized spacial score (nSPS) is 16.7. The maximum atomic E-state index is 10.2. The van der Waals surface area contributed by atoms with E-state index in [9.17, 15) is 15.0 Å².